The molecule has 0 spiro atoms. The van der Waals surface area contributed by atoms with E-state index in [2.05, 4.69) is 10.1 Å². The number of primary amides is 1. The van der Waals surface area contributed by atoms with Crippen LogP contribution in [0.5, 0.6) is 0 Å². The molecule has 0 saturated heterocycles. The molecule has 0 atom stereocenters. The summed E-state index contributed by atoms with van der Waals surface area (Å²) in [5, 5.41) is 4.14. The Balaban J connectivity index is 2.03. The number of nitrogens with zero attached hydrogens (tertiary/aromatic N) is 3. The van der Waals surface area contributed by atoms with Crippen molar-refractivity contribution in [2.45, 2.75) is 13.0 Å². The first-order chi connectivity index (χ1) is 10.3. The van der Waals surface area contributed by atoms with Crippen LogP contribution < -0.4 is 10.4 Å². The van der Waals surface area contributed by atoms with Gasteiger partial charge in [-0.1, -0.05) is 4.68 Å². The number of carbonyl (C=O) groups is 1. The summed E-state index contributed by atoms with van der Waals surface area (Å²) in [4.78, 5) is 15.1. The molecular weight excluding hydrogens is 308 g/mol. The van der Waals surface area contributed by atoms with Crippen LogP contribution in [0.4, 0.5) is 0 Å². The van der Waals surface area contributed by atoms with E-state index in [9.17, 15) is 13.2 Å². The van der Waals surface area contributed by atoms with E-state index in [0.29, 0.717) is 17.8 Å². The third kappa shape index (κ3) is 4.57. The van der Waals surface area contributed by atoms with Crippen molar-refractivity contribution >= 4 is 16.0 Å². The summed E-state index contributed by atoms with van der Waals surface area (Å²) in [6.45, 7) is 0.369. The molecule has 0 saturated carbocycles. The molecule has 2 rings (SSSR count). The SMILES string of the molecule is NC(=O)c1ccc(-c2cc[n+](CCCS(=O)(=O)O)nc2)nc1. The molecule has 2 aromatic rings. The molecule has 0 radical (unpaired) electrons. The van der Waals surface area contributed by atoms with E-state index >= 15 is 0 Å². The molecule has 2 heterocycles. The first kappa shape index (κ1) is 16.0. The zero-order chi connectivity index (χ0) is 16.2. The summed E-state index contributed by atoms with van der Waals surface area (Å²) in [6, 6.07) is 5.02. The monoisotopic (exact) mass is 323 g/mol. The Labute approximate surface area is 127 Å². The number of hydrogen-bond donors (Lipinski definition) is 2. The van der Waals surface area contributed by atoms with Crippen LogP contribution >= 0.6 is 0 Å². The molecule has 0 fully saturated rings. The van der Waals surface area contributed by atoms with Crippen molar-refractivity contribution in [1.82, 2.24) is 10.1 Å². The van der Waals surface area contributed by atoms with Crippen LogP contribution in [-0.4, -0.2) is 34.7 Å². The van der Waals surface area contributed by atoms with E-state index in [1.54, 1.807) is 35.3 Å². The van der Waals surface area contributed by atoms with E-state index in [4.69, 9.17) is 10.3 Å². The number of amides is 1. The number of nitrogens with two attached hydrogens (primary N) is 1. The average Bonchev–Trinajstić information content (AvgIpc) is 2.47. The van der Waals surface area contributed by atoms with Crippen LogP contribution in [0.25, 0.3) is 11.3 Å². The number of rotatable bonds is 6. The molecule has 0 aliphatic carbocycles. The number of aryl methyl sites for hydroxylation is 1. The Kier molecular flexibility index (Phi) is 4.78. The quantitative estimate of drug-likeness (QED) is 0.560. The zero-order valence-electron chi connectivity index (χ0n) is 11.6. The molecule has 0 bridgehead atoms. The fourth-order valence-corrected chi connectivity index (χ4v) is 2.28. The van der Waals surface area contributed by atoms with Crippen molar-refractivity contribution in [2.24, 2.45) is 5.73 Å². The van der Waals surface area contributed by atoms with Crippen molar-refractivity contribution in [3.8, 4) is 11.3 Å². The van der Waals surface area contributed by atoms with Gasteiger partial charge in [-0.15, -0.1) is 0 Å². The lowest BCUT2D eigenvalue weighted by Gasteiger charge is -2.00. The summed E-state index contributed by atoms with van der Waals surface area (Å²) in [5.41, 5.74) is 6.86. The summed E-state index contributed by atoms with van der Waals surface area (Å²) >= 11 is 0. The molecule has 22 heavy (non-hydrogen) atoms. The summed E-state index contributed by atoms with van der Waals surface area (Å²) in [5.74, 6) is -0.846. The maximum Gasteiger partial charge on any atom is 0.265 e. The van der Waals surface area contributed by atoms with Crippen LogP contribution in [0.3, 0.4) is 0 Å². The van der Waals surface area contributed by atoms with Crippen LogP contribution in [-0.2, 0) is 16.7 Å². The molecule has 0 aromatic carbocycles. The highest BCUT2D eigenvalue weighted by molar-refractivity contribution is 7.85. The van der Waals surface area contributed by atoms with E-state index in [-0.39, 0.29) is 12.2 Å². The summed E-state index contributed by atoms with van der Waals surface area (Å²) in [7, 11) is -3.95. The largest absolute Gasteiger partial charge is 0.366 e. The van der Waals surface area contributed by atoms with Gasteiger partial charge in [0.1, 0.15) is 6.20 Å². The van der Waals surface area contributed by atoms with Gasteiger partial charge in [0.05, 0.1) is 17.0 Å². The molecule has 0 aliphatic rings. The second-order valence-corrected chi connectivity index (χ2v) is 6.19. The second kappa shape index (κ2) is 6.58. The van der Waals surface area contributed by atoms with Crippen molar-refractivity contribution in [3.63, 3.8) is 0 Å². The molecular formula is C13H15N4O4S+. The number of carbonyl (C=O) groups excluding carboxylic acids is 1. The molecule has 9 heteroatoms. The van der Waals surface area contributed by atoms with E-state index in [0.717, 1.165) is 5.56 Å². The Morgan fingerprint density at radius 1 is 1.27 bits per heavy atom. The van der Waals surface area contributed by atoms with Crippen molar-refractivity contribution in [3.05, 3.63) is 42.4 Å². The van der Waals surface area contributed by atoms with Crippen molar-refractivity contribution in [2.75, 3.05) is 5.75 Å². The minimum absolute atomic E-state index is 0.265. The van der Waals surface area contributed by atoms with Gasteiger partial charge >= 0.3 is 0 Å². The van der Waals surface area contributed by atoms with E-state index < -0.39 is 16.0 Å². The van der Waals surface area contributed by atoms with Gasteiger partial charge in [0.15, 0.2) is 12.7 Å². The second-order valence-electron chi connectivity index (χ2n) is 4.61. The standard InChI is InChI=1S/C13H14N4O4S/c14-13(18)11-2-3-12(15-8-11)10-4-6-17(16-9-10)5-1-7-22(19,20)21/h2-4,6,8-9H,1,5,7H2,(H2-,14,18,19,20,21)/p+1. The normalized spacial score (nSPS) is 11.3. The topological polar surface area (TPSA) is 127 Å². The van der Waals surface area contributed by atoms with Crippen LogP contribution in [0.1, 0.15) is 16.8 Å². The third-order valence-electron chi connectivity index (χ3n) is 2.90. The average molecular weight is 323 g/mol. The molecule has 8 nitrogen and oxygen atoms in total. The minimum atomic E-state index is -3.95. The maximum absolute atomic E-state index is 11.0. The molecule has 3 N–H and O–H groups in total. The fraction of sp³-hybridized carbons (Fsp3) is 0.231. The van der Waals surface area contributed by atoms with Gasteiger partial charge in [0.2, 0.25) is 5.91 Å². The van der Waals surface area contributed by atoms with Gasteiger partial charge in [0.25, 0.3) is 10.1 Å². The summed E-state index contributed by atoms with van der Waals surface area (Å²) in [6.07, 6.45) is 4.93. The smallest absolute Gasteiger partial charge is 0.265 e. The predicted molar refractivity (Wildman–Crippen MR) is 77.2 cm³/mol. The van der Waals surface area contributed by atoms with Crippen LogP contribution in [0.2, 0.25) is 0 Å². The van der Waals surface area contributed by atoms with Gasteiger partial charge in [-0.3, -0.25) is 14.3 Å². The molecule has 116 valence electrons. The van der Waals surface area contributed by atoms with Crippen molar-refractivity contribution in [1.29, 1.82) is 0 Å². The zero-order valence-corrected chi connectivity index (χ0v) is 12.4. The van der Waals surface area contributed by atoms with E-state index in [1.807, 2.05) is 0 Å². The Hall–Kier alpha value is -2.39. The summed E-state index contributed by atoms with van der Waals surface area (Å²) < 4.78 is 31.5. The highest BCUT2D eigenvalue weighted by atomic mass is 32.2. The molecule has 0 aliphatic heterocycles. The lowest BCUT2D eigenvalue weighted by molar-refractivity contribution is -0.753. The van der Waals surface area contributed by atoms with Crippen LogP contribution in [0.15, 0.2) is 36.8 Å². The highest BCUT2D eigenvalue weighted by Gasteiger charge is 2.10. The van der Waals surface area contributed by atoms with Gasteiger partial charge in [0, 0.05) is 24.2 Å². The number of hydrogen-bond acceptors (Lipinski definition) is 5. The molecule has 2 aromatic heterocycles. The Morgan fingerprint density at radius 3 is 2.55 bits per heavy atom. The highest BCUT2D eigenvalue weighted by Crippen LogP contribution is 2.14. The first-order valence-corrected chi connectivity index (χ1v) is 8.03. The lowest BCUT2D eigenvalue weighted by Crippen LogP contribution is -2.38. The minimum Gasteiger partial charge on any atom is -0.366 e. The Bertz CT molecular complexity index is 758. The Morgan fingerprint density at radius 2 is 2.05 bits per heavy atom. The fourth-order valence-electron chi connectivity index (χ4n) is 1.79. The third-order valence-corrected chi connectivity index (χ3v) is 3.71. The van der Waals surface area contributed by atoms with Gasteiger partial charge in [-0.05, 0) is 17.2 Å². The first-order valence-electron chi connectivity index (χ1n) is 6.42. The maximum atomic E-state index is 11.0. The lowest BCUT2D eigenvalue weighted by atomic mass is 10.2. The number of aromatic nitrogens is 3. The van der Waals surface area contributed by atoms with Gasteiger partial charge in [-0.2, -0.15) is 8.42 Å². The number of pyridine rings is 1. The van der Waals surface area contributed by atoms with Gasteiger partial charge < -0.3 is 5.73 Å². The van der Waals surface area contributed by atoms with E-state index in [1.165, 1.54) is 6.20 Å². The van der Waals surface area contributed by atoms with Gasteiger partial charge in [-0.25, -0.2) is 0 Å². The predicted octanol–water partition coefficient (Wildman–Crippen LogP) is -0.192. The molecule has 0 unspecified atom stereocenters. The van der Waals surface area contributed by atoms with Crippen molar-refractivity contribution < 1.29 is 22.4 Å². The van der Waals surface area contributed by atoms with Crippen LogP contribution in [0, 0.1) is 0 Å². The molecule has 1 amide bonds.